The van der Waals surface area contributed by atoms with Gasteiger partial charge >= 0.3 is 0 Å². The number of hydrogen-bond donors (Lipinski definition) is 2. The van der Waals surface area contributed by atoms with Gasteiger partial charge in [-0.15, -0.1) is 0 Å². The van der Waals surface area contributed by atoms with Crippen molar-refractivity contribution in [3.63, 3.8) is 0 Å². The summed E-state index contributed by atoms with van der Waals surface area (Å²) in [4.78, 5) is 0. The van der Waals surface area contributed by atoms with Gasteiger partial charge in [0.25, 0.3) is 10.2 Å². The van der Waals surface area contributed by atoms with Crippen molar-refractivity contribution in [2.24, 2.45) is 5.92 Å². The van der Waals surface area contributed by atoms with Crippen molar-refractivity contribution in [3.8, 4) is 0 Å². The highest BCUT2D eigenvalue weighted by atomic mass is 32.2. The first-order valence-electron chi connectivity index (χ1n) is 5.42. The van der Waals surface area contributed by atoms with Gasteiger partial charge in [0.1, 0.15) is 0 Å². The fourth-order valence-electron chi connectivity index (χ4n) is 1.34. The Labute approximate surface area is 92.4 Å². The zero-order valence-electron chi connectivity index (χ0n) is 9.49. The van der Waals surface area contributed by atoms with E-state index in [4.69, 9.17) is 0 Å². The van der Waals surface area contributed by atoms with E-state index in [1.165, 1.54) is 17.1 Å². The molecule has 0 unspecified atom stereocenters. The Morgan fingerprint density at radius 3 is 2.53 bits per heavy atom. The topological polar surface area (TPSA) is 61.4 Å². The maximum atomic E-state index is 11.7. The van der Waals surface area contributed by atoms with E-state index in [2.05, 4.69) is 10.0 Å². The van der Waals surface area contributed by atoms with Crippen LogP contribution in [0.3, 0.4) is 0 Å². The van der Waals surface area contributed by atoms with Crippen LogP contribution in [0.1, 0.15) is 19.3 Å². The van der Waals surface area contributed by atoms with Crippen molar-refractivity contribution in [1.82, 2.24) is 14.3 Å². The smallest absolute Gasteiger partial charge is 0.279 e. The maximum absolute atomic E-state index is 11.7. The van der Waals surface area contributed by atoms with Gasteiger partial charge in [0.05, 0.1) is 0 Å². The summed E-state index contributed by atoms with van der Waals surface area (Å²) in [5.41, 5.74) is 0. The average molecular weight is 235 g/mol. The molecule has 1 rings (SSSR count). The third-order valence-electron chi connectivity index (χ3n) is 2.51. The van der Waals surface area contributed by atoms with E-state index in [0.717, 1.165) is 13.0 Å². The molecular formula is C9H21N3O2S. The molecule has 0 spiro atoms. The molecule has 1 fully saturated rings. The van der Waals surface area contributed by atoms with Crippen molar-refractivity contribution >= 4 is 10.2 Å². The maximum Gasteiger partial charge on any atom is 0.279 e. The highest BCUT2D eigenvalue weighted by Crippen LogP contribution is 2.29. The van der Waals surface area contributed by atoms with E-state index in [1.807, 2.05) is 7.05 Å². The molecule has 0 radical (unpaired) electrons. The highest BCUT2D eigenvalue weighted by molar-refractivity contribution is 7.87. The number of nitrogens with zero attached hydrogens (tertiary/aromatic N) is 1. The standard InChI is InChI=1S/C9H21N3O2S/c1-10-6-3-7-11-15(13,14)12(2)8-9-4-5-9/h9-11H,3-8H2,1-2H3. The van der Waals surface area contributed by atoms with Crippen LogP contribution < -0.4 is 10.0 Å². The second-order valence-electron chi connectivity index (χ2n) is 4.08. The monoisotopic (exact) mass is 235 g/mol. The Balaban J connectivity index is 2.23. The molecule has 5 nitrogen and oxygen atoms in total. The van der Waals surface area contributed by atoms with Crippen LogP contribution in [0.15, 0.2) is 0 Å². The SMILES string of the molecule is CNCCCNS(=O)(=O)N(C)CC1CC1. The van der Waals surface area contributed by atoms with Gasteiger partial charge in [-0.1, -0.05) is 0 Å². The van der Waals surface area contributed by atoms with Gasteiger partial charge in [-0.05, 0) is 38.8 Å². The zero-order valence-corrected chi connectivity index (χ0v) is 10.3. The van der Waals surface area contributed by atoms with Crippen LogP contribution in [0.4, 0.5) is 0 Å². The number of hydrogen-bond acceptors (Lipinski definition) is 3. The first kappa shape index (κ1) is 12.9. The lowest BCUT2D eigenvalue weighted by Crippen LogP contribution is -2.40. The molecule has 0 bridgehead atoms. The molecule has 0 amide bonds. The molecule has 0 aliphatic heterocycles. The molecule has 90 valence electrons. The minimum absolute atomic E-state index is 0.498. The van der Waals surface area contributed by atoms with Crippen LogP contribution in [0.5, 0.6) is 0 Å². The fraction of sp³-hybridized carbons (Fsp3) is 1.00. The zero-order chi connectivity index (χ0) is 11.3. The Hall–Kier alpha value is -0.170. The minimum atomic E-state index is -3.24. The summed E-state index contributed by atoms with van der Waals surface area (Å²) >= 11 is 0. The molecule has 1 aliphatic carbocycles. The quantitative estimate of drug-likeness (QED) is 0.571. The molecule has 0 heterocycles. The number of nitrogens with one attached hydrogen (secondary N) is 2. The van der Waals surface area contributed by atoms with E-state index >= 15 is 0 Å². The third kappa shape index (κ3) is 4.92. The lowest BCUT2D eigenvalue weighted by molar-refractivity contribution is 0.442. The summed E-state index contributed by atoms with van der Waals surface area (Å²) in [6.45, 7) is 1.98. The van der Waals surface area contributed by atoms with Gasteiger partial charge < -0.3 is 5.32 Å². The molecule has 6 heteroatoms. The molecular weight excluding hydrogens is 214 g/mol. The van der Waals surface area contributed by atoms with Crippen molar-refractivity contribution in [3.05, 3.63) is 0 Å². The summed E-state index contributed by atoms with van der Waals surface area (Å²) in [7, 11) is 0.252. The van der Waals surface area contributed by atoms with Crippen molar-refractivity contribution in [2.75, 3.05) is 33.7 Å². The molecule has 1 saturated carbocycles. The van der Waals surface area contributed by atoms with Gasteiger partial charge in [0.2, 0.25) is 0 Å². The Kier molecular flexibility index (Phi) is 4.98. The minimum Gasteiger partial charge on any atom is -0.320 e. The lowest BCUT2D eigenvalue weighted by Gasteiger charge is -2.17. The van der Waals surface area contributed by atoms with E-state index in [-0.39, 0.29) is 0 Å². The van der Waals surface area contributed by atoms with Crippen molar-refractivity contribution in [2.45, 2.75) is 19.3 Å². The summed E-state index contributed by atoms with van der Waals surface area (Å²) in [5, 5.41) is 2.98. The highest BCUT2D eigenvalue weighted by Gasteiger charge is 2.27. The van der Waals surface area contributed by atoms with Crippen molar-refractivity contribution in [1.29, 1.82) is 0 Å². The van der Waals surface area contributed by atoms with Crippen LogP contribution in [0.25, 0.3) is 0 Å². The van der Waals surface area contributed by atoms with E-state index in [1.54, 1.807) is 7.05 Å². The van der Waals surface area contributed by atoms with Crippen molar-refractivity contribution < 1.29 is 8.42 Å². The summed E-state index contributed by atoms with van der Waals surface area (Å²) < 4.78 is 27.3. The second-order valence-corrected chi connectivity index (χ2v) is 5.94. The van der Waals surface area contributed by atoms with Crippen LogP contribution in [0, 0.1) is 5.92 Å². The first-order chi connectivity index (χ1) is 7.06. The predicted octanol–water partition coefficient (Wildman–Crippen LogP) is -0.228. The second kappa shape index (κ2) is 5.79. The van der Waals surface area contributed by atoms with Gasteiger partial charge in [0, 0.05) is 20.1 Å². The third-order valence-corrected chi connectivity index (χ3v) is 4.05. The lowest BCUT2D eigenvalue weighted by atomic mass is 10.4. The Morgan fingerprint density at radius 1 is 1.33 bits per heavy atom. The van der Waals surface area contributed by atoms with E-state index < -0.39 is 10.2 Å². The van der Waals surface area contributed by atoms with E-state index in [9.17, 15) is 8.42 Å². The first-order valence-corrected chi connectivity index (χ1v) is 6.86. The summed E-state index contributed by atoms with van der Waals surface area (Å²) in [5.74, 6) is 0.587. The molecule has 0 aromatic carbocycles. The largest absolute Gasteiger partial charge is 0.320 e. The van der Waals surface area contributed by atoms with E-state index in [0.29, 0.717) is 19.0 Å². The van der Waals surface area contributed by atoms with Gasteiger partial charge in [-0.25, -0.2) is 4.72 Å². The number of rotatable bonds is 8. The Morgan fingerprint density at radius 2 is 2.00 bits per heavy atom. The fourth-order valence-corrected chi connectivity index (χ4v) is 2.37. The normalized spacial score (nSPS) is 17.3. The molecule has 15 heavy (non-hydrogen) atoms. The van der Waals surface area contributed by atoms with Gasteiger partial charge in [-0.2, -0.15) is 12.7 Å². The molecule has 0 atom stereocenters. The van der Waals surface area contributed by atoms with Crippen LogP contribution in [-0.4, -0.2) is 46.5 Å². The van der Waals surface area contributed by atoms with Crippen LogP contribution >= 0.6 is 0 Å². The van der Waals surface area contributed by atoms with Gasteiger partial charge in [0.15, 0.2) is 0 Å². The molecule has 0 saturated heterocycles. The Bertz CT molecular complexity index is 275. The predicted molar refractivity (Wildman–Crippen MR) is 60.8 cm³/mol. The van der Waals surface area contributed by atoms with Gasteiger partial charge in [-0.3, -0.25) is 0 Å². The molecule has 0 aromatic rings. The molecule has 2 N–H and O–H groups in total. The summed E-state index contributed by atoms with van der Waals surface area (Å²) in [6, 6.07) is 0. The van der Waals surface area contributed by atoms with Crippen LogP contribution in [-0.2, 0) is 10.2 Å². The molecule has 0 aromatic heterocycles. The summed E-state index contributed by atoms with van der Waals surface area (Å²) in [6.07, 6.45) is 3.15. The van der Waals surface area contributed by atoms with Crippen LogP contribution in [0.2, 0.25) is 0 Å². The average Bonchev–Trinajstić information content (AvgIpc) is 2.96. The molecule has 1 aliphatic rings.